The third-order valence-corrected chi connectivity index (χ3v) is 3.80. The molecule has 1 aliphatic carbocycles. The van der Waals surface area contributed by atoms with Gasteiger partial charge in [0.2, 0.25) is 0 Å². The van der Waals surface area contributed by atoms with Crippen molar-refractivity contribution in [3.05, 3.63) is 0 Å². The summed E-state index contributed by atoms with van der Waals surface area (Å²) >= 11 is 0. The topological polar surface area (TPSA) is 41.5 Å². The van der Waals surface area contributed by atoms with Crippen molar-refractivity contribution in [3.8, 4) is 0 Å². The highest BCUT2D eigenvalue weighted by Crippen LogP contribution is 2.33. The van der Waals surface area contributed by atoms with Gasteiger partial charge in [-0.1, -0.05) is 12.8 Å². The van der Waals surface area contributed by atoms with Gasteiger partial charge < -0.3 is 15.2 Å². The van der Waals surface area contributed by atoms with E-state index in [1.54, 1.807) is 0 Å². The summed E-state index contributed by atoms with van der Waals surface area (Å²) in [5.74, 6) is 0.944. The fraction of sp³-hybridized carbons (Fsp3) is 1.00. The summed E-state index contributed by atoms with van der Waals surface area (Å²) < 4.78 is 5.40. The van der Waals surface area contributed by atoms with E-state index < -0.39 is 5.60 Å². The number of hydrogen-bond acceptors (Lipinski definition) is 3. The van der Waals surface area contributed by atoms with Crippen LogP contribution in [0.25, 0.3) is 0 Å². The average Bonchev–Trinajstić information content (AvgIpc) is 2.93. The first-order chi connectivity index (χ1) is 7.10. The van der Waals surface area contributed by atoms with E-state index in [-0.39, 0.29) is 6.10 Å². The normalized spacial score (nSPS) is 38.2. The molecule has 0 radical (unpaired) electrons. The van der Waals surface area contributed by atoms with Gasteiger partial charge in [0.05, 0.1) is 6.10 Å². The smallest absolute Gasteiger partial charge is 0.105 e. The van der Waals surface area contributed by atoms with Crippen LogP contribution < -0.4 is 5.32 Å². The van der Waals surface area contributed by atoms with Crippen molar-refractivity contribution >= 4 is 0 Å². The zero-order chi connectivity index (χ0) is 10.9. The first-order valence-electron chi connectivity index (χ1n) is 6.17. The van der Waals surface area contributed by atoms with Crippen LogP contribution in [0.2, 0.25) is 0 Å². The molecule has 0 aromatic carbocycles. The second-order valence-corrected chi connectivity index (χ2v) is 5.33. The molecule has 0 amide bonds. The molecule has 1 aliphatic heterocycles. The highest BCUT2D eigenvalue weighted by Gasteiger charge is 2.39. The molecule has 15 heavy (non-hydrogen) atoms. The first kappa shape index (κ1) is 11.4. The van der Waals surface area contributed by atoms with Gasteiger partial charge in [0.25, 0.3) is 0 Å². The van der Waals surface area contributed by atoms with Crippen LogP contribution in [0.5, 0.6) is 0 Å². The molecule has 3 heteroatoms. The summed E-state index contributed by atoms with van der Waals surface area (Å²) in [7, 11) is 0. The van der Waals surface area contributed by atoms with Crippen LogP contribution in [-0.4, -0.2) is 36.0 Å². The molecule has 1 saturated carbocycles. The maximum absolute atomic E-state index is 10.3. The molecule has 2 rings (SSSR count). The molecule has 3 unspecified atom stereocenters. The second kappa shape index (κ2) is 4.40. The predicted octanol–water partition coefficient (Wildman–Crippen LogP) is 1.30. The van der Waals surface area contributed by atoms with E-state index in [1.807, 2.05) is 6.92 Å². The highest BCUT2D eigenvalue weighted by atomic mass is 16.5. The van der Waals surface area contributed by atoms with Crippen molar-refractivity contribution in [1.82, 2.24) is 5.32 Å². The van der Waals surface area contributed by atoms with E-state index in [0.29, 0.717) is 19.2 Å². The van der Waals surface area contributed by atoms with Crippen molar-refractivity contribution in [2.45, 2.75) is 57.3 Å². The van der Waals surface area contributed by atoms with Gasteiger partial charge in [-0.25, -0.2) is 0 Å². The van der Waals surface area contributed by atoms with E-state index in [4.69, 9.17) is 4.74 Å². The van der Waals surface area contributed by atoms with Crippen LogP contribution in [0.3, 0.4) is 0 Å². The van der Waals surface area contributed by atoms with Gasteiger partial charge in [-0.3, -0.25) is 0 Å². The lowest BCUT2D eigenvalue weighted by Gasteiger charge is -2.28. The molecular formula is C12H23NO2. The lowest BCUT2D eigenvalue weighted by Crippen LogP contribution is -2.48. The van der Waals surface area contributed by atoms with Crippen molar-refractivity contribution in [2.24, 2.45) is 5.92 Å². The monoisotopic (exact) mass is 213 g/mol. The predicted molar refractivity (Wildman–Crippen MR) is 59.8 cm³/mol. The molecule has 3 atom stereocenters. The molecule has 2 aliphatic rings. The summed E-state index contributed by atoms with van der Waals surface area (Å²) in [6.45, 7) is 5.53. The molecule has 1 heterocycles. The van der Waals surface area contributed by atoms with Gasteiger partial charge in [0, 0.05) is 25.6 Å². The van der Waals surface area contributed by atoms with E-state index in [1.165, 1.54) is 19.3 Å². The zero-order valence-corrected chi connectivity index (χ0v) is 9.83. The summed E-state index contributed by atoms with van der Waals surface area (Å²) in [4.78, 5) is 0. The third-order valence-electron chi connectivity index (χ3n) is 3.80. The minimum Gasteiger partial charge on any atom is -0.386 e. The Morgan fingerprint density at radius 3 is 2.80 bits per heavy atom. The second-order valence-electron chi connectivity index (χ2n) is 5.33. The van der Waals surface area contributed by atoms with Crippen LogP contribution in [0.15, 0.2) is 0 Å². The van der Waals surface area contributed by atoms with Gasteiger partial charge in [0.1, 0.15) is 5.60 Å². The number of ether oxygens (including phenoxy) is 1. The zero-order valence-electron chi connectivity index (χ0n) is 9.83. The summed E-state index contributed by atoms with van der Waals surface area (Å²) in [6.07, 6.45) is 4.78. The lowest BCUT2D eigenvalue weighted by atomic mass is 9.96. The minimum atomic E-state index is -0.641. The quantitative estimate of drug-likeness (QED) is 0.723. The highest BCUT2D eigenvalue weighted by molar-refractivity contribution is 4.92. The minimum absolute atomic E-state index is 0.0295. The largest absolute Gasteiger partial charge is 0.386 e. The lowest BCUT2D eigenvalue weighted by molar-refractivity contribution is -0.0275. The standard InChI is InChI=1S/C12H23NO2/c1-9(7-11-3-4-11)13-8-12(14)5-6-15-10(12)2/h9-11,13-14H,3-8H2,1-2H3. The van der Waals surface area contributed by atoms with Crippen LogP contribution >= 0.6 is 0 Å². The van der Waals surface area contributed by atoms with E-state index in [9.17, 15) is 5.11 Å². The SMILES string of the molecule is CC(CC1CC1)NCC1(O)CCOC1C. The van der Waals surface area contributed by atoms with E-state index in [0.717, 1.165) is 12.3 Å². The van der Waals surface area contributed by atoms with Crippen LogP contribution in [0.1, 0.15) is 39.5 Å². The molecule has 0 aromatic heterocycles. The fourth-order valence-electron chi connectivity index (χ4n) is 2.29. The third kappa shape index (κ3) is 2.92. The Morgan fingerprint density at radius 2 is 2.27 bits per heavy atom. The van der Waals surface area contributed by atoms with E-state index in [2.05, 4.69) is 12.2 Å². The Hall–Kier alpha value is -0.120. The Balaban J connectivity index is 1.71. The van der Waals surface area contributed by atoms with Crippen LogP contribution in [0, 0.1) is 5.92 Å². The molecule has 0 aromatic rings. The number of hydrogen-bond donors (Lipinski definition) is 2. The molecule has 0 bridgehead atoms. The van der Waals surface area contributed by atoms with Gasteiger partial charge in [-0.05, 0) is 26.2 Å². The fourth-order valence-corrected chi connectivity index (χ4v) is 2.29. The Labute approximate surface area is 92.2 Å². The Morgan fingerprint density at radius 1 is 1.53 bits per heavy atom. The van der Waals surface area contributed by atoms with Crippen molar-refractivity contribution in [3.63, 3.8) is 0 Å². The van der Waals surface area contributed by atoms with Gasteiger partial charge >= 0.3 is 0 Å². The molecule has 2 fully saturated rings. The Bertz CT molecular complexity index is 218. The average molecular weight is 213 g/mol. The van der Waals surface area contributed by atoms with Crippen LogP contribution in [-0.2, 0) is 4.74 Å². The summed E-state index contributed by atoms with van der Waals surface area (Å²) in [6, 6.07) is 0.523. The van der Waals surface area contributed by atoms with Gasteiger partial charge in [0.15, 0.2) is 0 Å². The summed E-state index contributed by atoms with van der Waals surface area (Å²) in [5, 5.41) is 13.7. The van der Waals surface area contributed by atoms with Crippen LogP contribution in [0.4, 0.5) is 0 Å². The van der Waals surface area contributed by atoms with Gasteiger partial charge in [-0.2, -0.15) is 0 Å². The molecule has 1 saturated heterocycles. The van der Waals surface area contributed by atoms with Gasteiger partial charge in [-0.15, -0.1) is 0 Å². The maximum Gasteiger partial charge on any atom is 0.105 e. The Kier molecular flexibility index (Phi) is 3.33. The summed E-state index contributed by atoms with van der Waals surface area (Å²) in [5.41, 5.74) is -0.641. The number of nitrogens with one attached hydrogen (secondary N) is 1. The van der Waals surface area contributed by atoms with Crippen molar-refractivity contribution in [1.29, 1.82) is 0 Å². The number of rotatable bonds is 5. The van der Waals surface area contributed by atoms with Crippen molar-refractivity contribution in [2.75, 3.05) is 13.2 Å². The number of aliphatic hydroxyl groups is 1. The molecule has 3 nitrogen and oxygen atoms in total. The first-order valence-corrected chi connectivity index (χ1v) is 6.17. The molecule has 0 spiro atoms. The van der Waals surface area contributed by atoms with Crippen molar-refractivity contribution < 1.29 is 9.84 Å². The van der Waals surface area contributed by atoms with E-state index >= 15 is 0 Å². The molecule has 2 N–H and O–H groups in total. The molecule has 88 valence electrons. The molecular weight excluding hydrogens is 190 g/mol. The maximum atomic E-state index is 10.3.